The van der Waals surface area contributed by atoms with Crippen LogP contribution in [0.25, 0.3) is 0 Å². The molecule has 0 spiro atoms. The van der Waals surface area contributed by atoms with Crippen LogP contribution >= 0.6 is 0 Å². The highest BCUT2D eigenvalue weighted by molar-refractivity contribution is 6.32. The van der Waals surface area contributed by atoms with E-state index in [1.807, 2.05) is 5.43 Å². The van der Waals surface area contributed by atoms with Gasteiger partial charge in [-0.15, -0.1) is 0 Å². The van der Waals surface area contributed by atoms with Gasteiger partial charge in [0.25, 0.3) is 5.91 Å². The molecule has 1 heterocycles. The van der Waals surface area contributed by atoms with Gasteiger partial charge >= 0.3 is 11.9 Å². The van der Waals surface area contributed by atoms with Crippen molar-refractivity contribution in [3.05, 3.63) is 0 Å². The summed E-state index contributed by atoms with van der Waals surface area (Å²) in [5.41, 5.74) is 1.90. The van der Waals surface area contributed by atoms with Crippen molar-refractivity contribution in [3.63, 3.8) is 0 Å². The van der Waals surface area contributed by atoms with Gasteiger partial charge in [0.1, 0.15) is 6.04 Å². The van der Waals surface area contributed by atoms with Crippen LogP contribution in [-0.4, -0.2) is 40.4 Å². The molecule has 1 rings (SSSR count). The van der Waals surface area contributed by atoms with Crippen molar-refractivity contribution in [2.45, 2.75) is 18.9 Å². The van der Waals surface area contributed by atoms with Gasteiger partial charge in [-0.2, -0.15) is 0 Å². The van der Waals surface area contributed by atoms with Crippen LogP contribution in [0.1, 0.15) is 12.8 Å². The zero-order valence-corrected chi connectivity index (χ0v) is 7.40. The smallest absolute Gasteiger partial charge is 0.394 e. The number of carbonyl (C=O) groups is 3. The summed E-state index contributed by atoms with van der Waals surface area (Å²) in [7, 11) is 0. The summed E-state index contributed by atoms with van der Waals surface area (Å²) >= 11 is 0. The van der Waals surface area contributed by atoms with E-state index in [9.17, 15) is 14.4 Å². The number of nitrogens with one attached hydrogen (secondary N) is 1. The van der Waals surface area contributed by atoms with Gasteiger partial charge in [0.15, 0.2) is 0 Å². The second-order valence-corrected chi connectivity index (χ2v) is 2.97. The van der Waals surface area contributed by atoms with Crippen LogP contribution in [0.5, 0.6) is 0 Å². The van der Waals surface area contributed by atoms with E-state index in [0.717, 1.165) is 4.90 Å². The number of nitrogens with two attached hydrogens (primary N) is 1. The molecule has 0 bridgehead atoms. The lowest BCUT2D eigenvalue weighted by molar-refractivity contribution is -0.157. The van der Waals surface area contributed by atoms with Crippen molar-refractivity contribution < 1.29 is 19.5 Å². The average Bonchev–Trinajstić information content (AvgIpc) is 2.63. The molecule has 2 amide bonds. The molecule has 1 saturated heterocycles. The number of aliphatic carboxylic acids is 1. The van der Waals surface area contributed by atoms with Crippen molar-refractivity contribution in [2.24, 2.45) is 5.84 Å². The summed E-state index contributed by atoms with van der Waals surface area (Å²) in [6, 6.07) is -0.747. The van der Waals surface area contributed by atoms with E-state index >= 15 is 0 Å². The number of carboxylic acids is 1. The molecule has 0 aromatic carbocycles. The Kier molecular flexibility index (Phi) is 3.03. The number of nitrogens with zero attached hydrogens (tertiary/aromatic N) is 1. The summed E-state index contributed by atoms with van der Waals surface area (Å²) in [5, 5.41) is 8.46. The summed E-state index contributed by atoms with van der Waals surface area (Å²) in [5.74, 6) is 1.76. The number of hydrazine groups is 1. The molecule has 1 aliphatic heterocycles. The van der Waals surface area contributed by atoms with E-state index < -0.39 is 23.8 Å². The zero-order chi connectivity index (χ0) is 10.7. The number of hydrogen-bond donors (Lipinski definition) is 3. The van der Waals surface area contributed by atoms with Gasteiger partial charge in [-0.05, 0) is 12.8 Å². The lowest BCUT2D eigenvalue weighted by atomic mass is 10.2. The fourth-order valence-electron chi connectivity index (χ4n) is 1.50. The molecule has 0 aliphatic carbocycles. The topological polar surface area (TPSA) is 113 Å². The molecule has 78 valence electrons. The lowest BCUT2D eigenvalue weighted by Crippen LogP contribution is -2.49. The Morgan fingerprint density at radius 2 is 2.07 bits per heavy atom. The molecule has 14 heavy (non-hydrogen) atoms. The fraction of sp³-hybridized carbons (Fsp3) is 0.571. The highest BCUT2D eigenvalue weighted by Crippen LogP contribution is 2.17. The minimum atomic E-state index is -1.55. The van der Waals surface area contributed by atoms with E-state index in [0.29, 0.717) is 12.8 Å². The molecule has 1 fully saturated rings. The minimum absolute atomic E-state index is 0.281. The summed E-state index contributed by atoms with van der Waals surface area (Å²) in [4.78, 5) is 33.6. The van der Waals surface area contributed by atoms with Crippen LogP contribution in [0.2, 0.25) is 0 Å². The zero-order valence-electron chi connectivity index (χ0n) is 7.40. The first kappa shape index (κ1) is 10.5. The van der Waals surface area contributed by atoms with Crippen LogP contribution in [0, 0.1) is 0 Å². The standard InChI is InChI=1S/C7H11N3O4/c8-9-5(11)4-2-1-3-10(4)6(12)7(13)14/h4H,1-3,8H2,(H,9,11)(H,13,14)/t4-/m0/s1. The summed E-state index contributed by atoms with van der Waals surface area (Å²) < 4.78 is 0. The first-order valence-electron chi connectivity index (χ1n) is 4.12. The van der Waals surface area contributed by atoms with Gasteiger partial charge in [-0.25, -0.2) is 10.6 Å². The van der Waals surface area contributed by atoms with Crippen molar-refractivity contribution in [1.82, 2.24) is 10.3 Å². The van der Waals surface area contributed by atoms with E-state index in [2.05, 4.69) is 0 Å². The quantitative estimate of drug-likeness (QED) is 0.197. The van der Waals surface area contributed by atoms with Crippen LogP contribution in [0.3, 0.4) is 0 Å². The molecular weight excluding hydrogens is 190 g/mol. The molecule has 1 aliphatic rings. The van der Waals surface area contributed by atoms with Crippen LogP contribution in [-0.2, 0) is 14.4 Å². The Morgan fingerprint density at radius 3 is 2.57 bits per heavy atom. The predicted octanol–water partition coefficient (Wildman–Crippen LogP) is -1.95. The first-order valence-corrected chi connectivity index (χ1v) is 4.12. The number of amides is 2. The first-order chi connectivity index (χ1) is 6.57. The molecule has 0 aromatic heterocycles. The highest BCUT2D eigenvalue weighted by atomic mass is 16.4. The lowest BCUT2D eigenvalue weighted by Gasteiger charge is -2.20. The third-order valence-electron chi connectivity index (χ3n) is 2.14. The van der Waals surface area contributed by atoms with Crippen molar-refractivity contribution in [1.29, 1.82) is 0 Å². The molecule has 0 unspecified atom stereocenters. The van der Waals surface area contributed by atoms with Gasteiger partial charge in [0.05, 0.1) is 0 Å². The molecular formula is C7H11N3O4. The largest absolute Gasteiger partial charge is 0.474 e. The molecule has 0 radical (unpaired) electrons. The number of carbonyl (C=O) groups excluding carboxylic acids is 2. The maximum absolute atomic E-state index is 11.1. The maximum atomic E-state index is 11.1. The number of rotatable bonds is 1. The van der Waals surface area contributed by atoms with Gasteiger partial charge in [0.2, 0.25) is 0 Å². The van der Waals surface area contributed by atoms with Crippen LogP contribution < -0.4 is 11.3 Å². The SMILES string of the molecule is NNC(=O)[C@@H]1CCCN1C(=O)C(=O)O. The second-order valence-electron chi connectivity index (χ2n) is 2.97. The Labute approximate surface area is 79.8 Å². The number of likely N-dealkylation sites (tertiary alicyclic amines) is 1. The Bertz CT molecular complexity index is 278. The fourth-order valence-corrected chi connectivity index (χ4v) is 1.50. The Morgan fingerprint density at radius 1 is 1.43 bits per heavy atom. The van der Waals surface area contributed by atoms with E-state index in [1.54, 1.807) is 0 Å². The molecule has 7 heteroatoms. The maximum Gasteiger partial charge on any atom is 0.394 e. The van der Waals surface area contributed by atoms with E-state index in [-0.39, 0.29) is 6.54 Å². The predicted molar refractivity (Wildman–Crippen MR) is 44.7 cm³/mol. The van der Waals surface area contributed by atoms with Crippen molar-refractivity contribution in [2.75, 3.05) is 6.54 Å². The normalized spacial score (nSPS) is 20.6. The third kappa shape index (κ3) is 1.82. The second kappa shape index (κ2) is 4.05. The highest BCUT2D eigenvalue weighted by Gasteiger charge is 2.36. The molecule has 0 aromatic rings. The van der Waals surface area contributed by atoms with Crippen molar-refractivity contribution in [3.8, 4) is 0 Å². The van der Waals surface area contributed by atoms with Gasteiger partial charge < -0.3 is 10.0 Å². The number of hydrogen-bond acceptors (Lipinski definition) is 4. The van der Waals surface area contributed by atoms with Gasteiger partial charge in [-0.3, -0.25) is 15.0 Å². The molecule has 7 nitrogen and oxygen atoms in total. The van der Waals surface area contributed by atoms with E-state index in [1.165, 1.54) is 0 Å². The Hall–Kier alpha value is -1.63. The molecule has 1 atom stereocenters. The van der Waals surface area contributed by atoms with Crippen molar-refractivity contribution >= 4 is 17.8 Å². The number of carboxylic acid groups (broad SMARTS) is 1. The Balaban J connectivity index is 2.73. The van der Waals surface area contributed by atoms with Gasteiger partial charge in [-0.1, -0.05) is 0 Å². The van der Waals surface area contributed by atoms with Crippen LogP contribution in [0.4, 0.5) is 0 Å². The summed E-state index contributed by atoms with van der Waals surface area (Å²) in [6.07, 6.45) is 1.05. The van der Waals surface area contributed by atoms with E-state index in [4.69, 9.17) is 10.9 Å². The third-order valence-corrected chi connectivity index (χ3v) is 2.14. The minimum Gasteiger partial charge on any atom is -0.474 e. The monoisotopic (exact) mass is 201 g/mol. The molecule has 4 N–H and O–H groups in total. The average molecular weight is 201 g/mol. The summed E-state index contributed by atoms with van der Waals surface area (Å²) in [6.45, 7) is 0.281. The molecule has 0 saturated carbocycles. The van der Waals surface area contributed by atoms with Gasteiger partial charge in [0, 0.05) is 6.54 Å². The van der Waals surface area contributed by atoms with Crippen LogP contribution in [0.15, 0.2) is 0 Å².